The van der Waals surface area contributed by atoms with Gasteiger partial charge in [0.25, 0.3) is 0 Å². The standard InChI is InChI=1S/C13H11NO2/c1-16-13(15)11-5-2-4-10(8-11)12-6-3-7-14-9-12/h2-9H,1H3. The van der Waals surface area contributed by atoms with E-state index < -0.39 is 0 Å². The summed E-state index contributed by atoms with van der Waals surface area (Å²) in [6.45, 7) is 0. The fourth-order valence-electron chi connectivity index (χ4n) is 1.48. The second-order valence-electron chi connectivity index (χ2n) is 3.31. The number of rotatable bonds is 2. The van der Waals surface area contributed by atoms with Crippen LogP contribution in [0.15, 0.2) is 48.8 Å². The van der Waals surface area contributed by atoms with Gasteiger partial charge in [-0.05, 0) is 23.8 Å². The molecule has 0 spiro atoms. The lowest BCUT2D eigenvalue weighted by molar-refractivity contribution is 0.0601. The minimum absolute atomic E-state index is 0.328. The molecule has 0 aliphatic rings. The summed E-state index contributed by atoms with van der Waals surface area (Å²) in [5.74, 6) is -0.328. The first-order valence-electron chi connectivity index (χ1n) is 4.90. The van der Waals surface area contributed by atoms with Gasteiger partial charge in [0.2, 0.25) is 0 Å². The summed E-state index contributed by atoms with van der Waals surface area (Å²) in [4.78, 5) is 15.4. The molecule has 3 heteroatoms. The number of ether oxygens (including phenoxy) is 1. The molecule has 1 aromatic carbocycles. The Morgan fingerprint density at radius 2 is 2.00 bits per heavy atom. The summed E-state index contributed by atoms with van der Waals surface area (Å²) in [5.41, 5.74) is 2.48. The molecule has 16 heavy (non-hydrogen) atoms. The zero-order chi connectivity index (χ0) is 11.4. The monoisotopic (exact) mass is 213 g/mol. The van der Waals surface area contributed by atoms with Crippen molar-refractivity contribution in [3.05, 3.63) is 54.4 Å². The largest absolute Gasteiger partial charge is 0.465 e. The number of methoxy groups -OCH3 is 1. The quantitative estimate of drug-likeness (QED) is 0.719. The van der Waals surface area contributed by atoms with Crippen LogP contribution in [0.2, 0.25) is 0 Å². The number of carbonyl (C=O) groups excluding carboxylic acids is 1. The average Bonchev–Trinajstić information content (AvgIpc) is 2.39. The van der Waals surface area contributed by atoms with Crippen LogP contribution >= 0.6 is 0 Å². The van der Waals surface area contributed by atoms with Crippen LogP contribution in [0.5, 0.6) is 0 Å². The van der Waals surface area contributed by atoms with E-state index in [1.54, 1.807) is 24.5 Å². The van der Waals surface area contributed by atoms with Gasteiger partial charge in [-0.15, -0.1) is 0 Å². The second-order valence-corrected chi connectivity index (χ2v) is 3.31. The fourth-order valence-corrected chi connectivity index (χ4v) is 1.48. The van der Waals surface area contributed by atoms with Gasteiger partial charge in [0.1, 0.15) is 0 Å². The summed E-state index contributed by atoms with van der Waals surface area (Å²) in [6.07, 6.45) is 3.48. The third-order valence-electron chi connectivity index (χ3n) is 2.28. The molecule has 0 amide bonds. The van der Waals surface area contributed by atoms with Crippen LogP contribution in [-0.4, -0.2) is 18.1 Å². The molecule has 0 aliphatic heterocycles. The summed E-state index contributed by atoms with van der Waals surface area (Å²) in [6, 6.07) is 11.1. The SMILES string of the molecule is COC(=O)c1cccc(-c2cccnc2)c1. The molecule has 1 aromatic heterocycles. The van der Waals surface area contributed by atoms with Crippen LogP contribution in [0.1, 0.15) is 10.4 Å². The van der Waals surface area contributed by atoms with Crippen LogP contribution < -0.4 is 0 Å². The first kappa shape index (κ1) is 10.4. The van der Waals surface area contributed by atoms with Gasteiger partial charge < -0.3 is 4.74 Å². The van der Waals surface area contributed by atoms with E-state index >= 15 is 0 Å². The summed E-state index contributed by atoms with van der Waals surface area (Å²) >= 11 is 0. The maximum Gasteiger partial charge on any atom is 0.337 e. The Bertz CT molecular complexity index is 494. The second kappa shape index (κ2) is 4.57. The van der Waals surface area contributed by atoms with E-state index in [-0.39, 0.29) is 5.97 Å². The third kappa shape index (κ3) is 2.08. The normalized spacial score (nSPS) is 9.81. The number of carbonyl (C=O) groups is 1. The van der Waals surface area contributed by atoms with Crippen molar-refractivity contribution in [3.8, 4) is 11.1 Å². The first-order valence-corrected chi connectivity index (χ1v) is 4.90. The number of aromatic nitrogens is 1. The van der Waals surface area contributed by atoms with E-state index in [1.165, 1.54) is 7.11 Å². The van der Waals surface area contributed by atoms with E-state index in [9.17, 15) is 4.79 Å². The number of benzene rings is 1. The Morgan fingerprint density at radius 1 is 1.19 bits per heavy atom. The predicted molar refractivity (Wildman–Crippen MR) is 61.0 cm³/mol. The molecular weight excluding hydrogens is 202 g/mol. The van der Waals surface area contributed by atoms with Crippen molar-refractivity contribution < 1.29 is 9.53 Å². The van der Waals surface area contributed by atoms with Crippen LogP contribution in [0.25, 0.3) is 11.1 Å². The van der Waals surface area contributed by atoms with Crippen LogP contribution in [-0.2, 0) is 4.74 Å². The first-order chi connectivity index (χ1) is 7.81. The average molecular weight is 213 g/mol. The van der Waals surface area contributed by atoms with Crippen molar-refractivity contribution in [1.29, 1.82) is 0 Å². The Morgan fingerprint density at radius 3 is 2.69 bits per heavy atom. The van der Waals surface area contributed by atoms with Crippen LogP contribution in [0, 0.1) is 0 Å². The lowest BCUT2D eigenvalue weighted by Crippen LogP contribution is -2.00. The maximum atomic E-state index is 11.4. The van der Waals surface area contributed by atoms with Gasteiger partial charge in [-0.25, -0.2) is 4.79 Å². The molecule has 0 atom stereocenters. The number of nitrogens with zero attached hydrogens (tertiary/aromatic N) is 1. The van der Waals surface area contributed by atoms with E-state index in [2.05, 4.69) is 9.72 Å². The van der Waals surface area contributed by atoms with Gasteiger partial charge >= 0.3 is 5.97 Å². The lowest BCUT2D eigenvalue weighted by atomic mass is 10.1. The highest BCUT2D eigenvalue weighted by Crippen LogP contribution is 2.19. The summed E-state index contributed by atoms with van der Waals surface area (Å²) in [7, 11) is 1.37. The van der Waals surface area contributed by atoms with Gasteiger partial charge in [0.05, 0.1) is 12.7 Å². The molecule has 0 saturated carbocycles. The number of hydrogen-bond donors (Lipinski definition) is 0. The molecule has 0 saturated heterocycles. The number of esters is 1. The third-order valence-corrected chi connectivity index (χ3v) is 2.28. The Labute approximate surface area is 93.7 Å². The molecular formula is C13H11NO2. The van der Waals surface area contributed by atoms with Crippen molar-refractivity contribution in [2.24, 2.45) is 0 Å². The minimum atomic E-state index is -0.328. The number of hydrogen-bond acceptors (Lipinski definition) is 3. The van der Waals surface area contributed by atoms with Crippen molar-refractivity contribution in [1.82, 2.24) is 4.98 Å². The molecule has 0 fully saturated rings. The Balaban J connectivity index is 2.40. The highest BCUT2D eigenvalue weighted by molar-refractivity contribution is 5.90. The van der Waals surface area contributed by atoms with Crippen molar-refractivity contribution in [3.63, 3.8) is 0 Å². The van der Waals surface area contributed by atoms with E-state index in [4.69, 9.17) is 0 Å². The van der Waals surface area contributed by atoms with E-state index in [0.717, 1.165) is 11.1 Å². The molecule has 0 unspecified atom stereocenters. The fraction of sp³-hybridized carbons (Fsp3) is 0.0769. The van der Waals surface area contributed by atoms with Crippen molar-refractivity contribution in [2.45, 2.75) is 0 Å². The molecule has 0 bridgehead atoms. The molecule has 2 aromatic rings. The number of pyridine rings is 1. The van der Waals surface area contributed by atoms with Crippen molar-refractivity contribution in [2.75, 3.05) is 7.11 Å². The molecule has 2 rings (SSSR count). The zero-order valence-electron chi connectivity index (χ0n) is 8.88. The van der Waals surface area contributed by atoms with Crippen LogP contribution in [0.3, 0.4) is 0 Å². The molecule has 0 aliphatic carbocycles. The molecule has 80 valence electrons. The molecule has 0 N–H and O–H groups in total. The van der Waals surface area contributed by atoms with E-state index in [0.29, 0.717) is 5.56 Å². The highest BCUT2D eigenvalue weighted by Gasteiger charge is 2.06. The van der Waals surface area contributed by atoms with E-state index in [1.807, 2.05) is 24.3 Å². The van der Waals surface area contributed by atoms with Gasteiger partial charge in [0, 0.05) is 18.0 Å². The molecule has 1 heterocycles. The van der Waals surface area contributed by atoms with Gasteiger partial charge in [-0.2, -0.15) is 0 Å². The Kier molecular flexibility index (Phi) is 2.96. The van der Waals surface area contributed by atoms with Crippen molar-refractivity contribution >= 4 is 5.97 Å². The zero-order valence-corrected chi connectivity index (χ0v) is 8.88. The highest BCUT2D eigenvalue weighted by atomic mass is 16.5. The topological polar surface area (TPSA) is 39.2 Å². The Hall–Kier alpha value is -2.16. The summed E-state index contributed by atoms with van der Waals surface area (Å²) in [5, 5.41) is 0. The van der Waals surface area contributed by atoms with Gasteiger partial charge in [0.15, 0.2) is 0 Å². The summed E-state index contributed by atoms with van der Waals surface area (Å²) < 4.78 is 4.67. The van der Waals surface area contributed by atoms with Gasteiger partial charge in [-0.1, -0.05) is 18.2 Å². The van der Waals surface area contributed by atoms with Gasteiger partial charge in [-0.3, -0.25) is 4.98 Å². The predicted octanol–water partition coefficient (Wildman–Crippen LogP) is 2.54. The smallest absolute Gasteiger partial charge is 0.337 e. The minimum Gasteiger partial charge on any atom is -0.465 e. The molecule has 0 radical (unpaired) electrons. The van der Waals surface area contributed by atoms with Crippen LogP contribution in [0.4, 0.5) is 0 Å². The lowest BCUT2D eigenvalue weighted by Gasteiger charge is -2.03. The molecule has 3 nitrogen and oxygen atoms in total. The maximum absolute atomic E-state index is 11.4.